The average molecular weight is 248 g/mol. The minimum Gasteiger partial charge on any atom is -0.347 e. The minimum atomic E-state index is -0.163. The maximum atomic E-state index is 11.4. The molecule has 1 aromatic rings. The number of nitrogens with one attached hydrogen (secondary N) is 1. The van der Waals surface area contributed by atoms with Crippen LogP contribution in [0.15, 0.2) is 18.0 Å². The molecular weight excluding hydrogens is 234 g/mol. The van der Waals surface area contributed by atoms with Crippen LogP contribution < -0.4 is 11.1 Å². The minimum absolute atomic E-state index is 0. The summed E-state index contributed by atoms with van der Waals surface area (Å²) in [6.07, 6.45) is 2.35. The van der Waals surface area contributed by atoms with E-state index in [2.05, 4.69) is 16.9 Å². The fourth-order valence-corrected chi connectivity index (χ4v) is 1.70. The Hall–Kier alpha value is -0.910. The molecule has 15 heavy (non-hydrogen) atoms. The first-order chi connectivity index (χ1) is 6.77. The van der Waals surface area contributed by atoms with Crippen molar-refractivity contribution in [2.24, 2.45) is 5.73 Å². The summed E-state index contributed by atoms with van der Waals surface area (Å²) < 4.78 is 0. The molecule has 0 unspecified atom stereocenters. The Kier molecular flexibility index (Phi) is 6.94. The molecule has 0 aliphatic heterocycles. The number of aromatic nitrogens is 1. The predicted octanol–water partition coefficient (Wildman–Crippen LogP) is 0.982. The first-order valence-electron chi connectivity index (χ1n) is 4.31. The summed E-state index contributed by atoms with van der Waals surface area (Å²) in [6, 6.07) is 0. The van der Waals surface area contributed by atoms with Gasteiger partial charge in [0, 0.05) is 18.3 Å². The van der Waals surface area contributed by atoms with Crippen LogP contribution >= 0.6 is 23.7 Å². The van der Waals surface area contributed by atoms with Crippen LogP contribution in [0, 0.1) is 0 Å². The molecule has 0 saturated carbocycles. The Morgan fingerprint density at radius 1 is 1.73 bits per heavy atom. The van der Waals surface area contributed by atoms with Gasteiger partial charge < -0.3 is 11.1 Å². The Balaban J connectivity index is 0.00000196. The fourth-order valence-electron chi connectivity index (χ4n) is 0.909. The molecule has 6 heteroatoms. The van der Waals surface area contributed by atoms with Crippen molar-refractivity contribution in [1.29, 1.82) is 0 Å². The second-order valence-corrected chi connectivity index (χ2v) is 3.61. The Bertz CT molecular complexity index is 327. The highest BCUT2D eigenvalue weighted by Gasteiger charge is 2.08. The van der Waals surface area contributed by atoms with Gasteiger partial charge in [-0.05, 0) is 6.54 Å². The average Bonchev–Trinajstić information content (AvgIpc) is 2.63. The van der Waals surface area contributed by atoms with Gasteiger partial charge in [0.2, 0.25) is 0 Å². The second-order valence-electron chi connectivity index (χ2n) is 2.66. The van der Waals surface area contributed by atoms with E-state index in [0.717, 1.165) is 11.4 Å². The molecule has 0 aliphatic carbocycles. The molecular formula is C9H14ClN3OS. The third-order valence-electron chi connectivity index (χ3n) is 1.55. The van der Waals surface area contributed by atoms with E-state index in [1.807, 2.05) is 0 Å². The van der Waals surface area contributed by atoms with E-state index in [0.29, 0.717) is 18.8 Å². The van der Waals surface area contributed by atoms with Crippen LogP contribution in [-0.2, 0) is 6.42 Å². The van der Waals surface area contributed by atoms with Crippen LogP contribution in [0.5, 0.6) is 0 Å². The monoisotopic (exact) mass is 247 g/mol. The van der Waals surface area contributed by atoms with Crippen LogP contribution in [0.4, 0.5) is 0 Å². The molecule has 4 nitrogen and oxygen atoms in total. The van der Waals surface area contributed by atoms with Crippen LogP contribution in [0.1, 0.15) is 15.5 Å². The molecule has 0 bridgehead atoms. The number of hydrogen-bond acceptors (Lipinski definition) is 4. The number of halogens is 1. The highest BCUT2D eigenvalue weighted by Crippen LogP contribution is 2.09. The van der Waals surface area contributed by atoms with Gasteiger partial charge in [-0.3, -0.25) is 4.79 Å². The van der Waals surface area contributed by atoms with Gasteiger partial charge in [-0.15, -0.1) is 30.3 Å². The standard InChI is InChI=1S/C9H13N3OS.ClH/c1-2-5-11-9(13)7-6-14-8(12-7)3-4-10;/h2,6H,1,3-5,10H2,(H,11,13);1H. The van der Waals surface area contributed by atoms with E-state index < -0.39 is 0 Å². The molecule has 84 valence electrons. The highest BCUT2D eigenvalue weighted by atomic mass is 35.5. The van der Waals surface area contributed by atoms with Gasteiger partial charge in [0.15, 0.2) is 0 Å². The van der Waals surface area contributed by atoms with E-state index in [-0.39, 0.29) is 18.3 Å². The van der Waals surface area contributed by atoms with Crippen LogP contribution in [0.3, 0.4) is 0 Å². The smallest absolute Gasteiger partial charge is 0.271 e. The van der Waals surface area contributed by atoms with Crippen molar-refractivity contribution in [3.05, 3.63) is 28.7 Å². The largest absolute Gasteiger partial charge is 0.347 e. The van der Waals surface area contributed by atoms with Gasteiger partial charge in [0.05, 0.1) is 5.01 Å². The van der Waals surface area contributed by atoms with Crippen molar-refractivity contribution in [2.45, 2.75) is 6.42 Å². The number of carbonyl (C=O) groups excluding carboxylic acids is 1. The molecule has 1 amide bonds. The molecule has 1 aromatic heterocycles. The van der Waals surface area contributed by atoms with Gasteiger partial charge in [-0.25, -0.2) is 4.98 Å². The number of carbonyl (C=O) groups is 1. The first kappa shape index (κ1) is 14.1. The Morgan fingerprint density at radius 3 is 3.07 bits per heavy atom. The molecule has 0 spiro atoms. The lowest BCUT2D eigenvalue weighted by Gasteiger charge is -1.96. The zero-order valence-corrected chi connectivity index (χ0v) is 9.87. The maximum absolute atomic E-state index is 11.4. The van der Waals surface area contributed by atoms with Crippen LogP contribution in [-0.4, -0.2) is 24.0 Å². The third-order valence-corrected chi connectivity index (χ3v) is 2.46. The van der Waals surface area contributed by atoms with Crippen LogP contribution in [0.25, 0.3) is 0 Å². The summed E-state index contributed by atoms with van der Waals surface area (Å²) in [5.41, 5.74) is 5.84. The lowest BCUT2D eigenvalue weighted by Crippen LogP contribution is -2.23. The summed E-state index contributed by atoms with van der Waals surface area (Å²) in [5.74, 6) is -0.163. The number of hydrogen-bond donors (Lipinski definition) is 2. The van der Waals surface area contributed by atoms with Gasteiger partial charge in [0.25, 0.3) is 5.91 Å². The second kappa shape index (κ2) is 7.39. The fraction of sp³-hybridized carbons (Fsp3) is 0.333. The van der Waals surface area contributed by atoms with Crippen molar-refractivity contribution in [3.8, 4) is 0 Å². The van der Waals surface area contributed by atoms with E-state index in [9.17, 15) is 4.79 Å². The summed E-state index contributed by atoms with van der Waals surface area (Å²) >= 11 is 1.46. The van der Waals surface area contributed by atoms with Gasteiger partial charge in [-0.1, -0.05) is 6.08 Å². The van der Waals surface area contributed by atoms with Gasteiger partial charge >= 0.3 is 0 Å². The highest BCUT2D eigenvalue weighted by molar-refractivity contribution is 7.09. The quantitative estimate of drug-likeness (QED) is 0.763. The number of nitrogens with zero attached hydrogens (tertiary/aromatic N) is 1. The SMILES string of the molecule is C=CCNC(=O)c1csc(CCN)n1.Cl. The number of rotatable bonds is 5. The molecule has 0 saturated heterocycles. The van der Waals surface area contributed by atoms with E-state index in [4.69, 9.17) is 5.73 Å². The van der Waals surface area contributed by atoms with Gasteiger partial charge in [0.1, 0.15) is 5.69 Å². The lowest BCUT2D eigenvalue weighted by atomic mass is 10.4. The Morgan fingerprint density at radius 2 is 2.47 bits per heavy atom. The molecule has 1 heterocycles. The number of amides is 1. The topological polar surface area (TPSA) is 68.0 Å². The number of thiazole rings is 1. The zero-order valence-electron chi connectivity index (χ0n) is 8.23. The third kappa shape index (κ3) is 4.42. The van der Waals surface area contributed by atoms with E-state index in [1.165, 1.54) is 11.3 Å². The molecule has 0 aliphatic rings. The lowest BCUT2D eigenvalue weighted by molar-refractivity contribution is 0.0953. The molecule has 0 fully saturated rings. The molecule has 0 radical (unpaired) electrons. The summed E-state index contributed by atoms with van der Waals surface area (Å²) in [7, 11) is 0. The normalized spacial score (nSPS) is 9.13. The summed E-state index contributed by atoms with van der Waals surface area (Å²) in [4.78, 5) is 15.5. The Labute approximate surface area is 99.0 Å². The number of nitrogens with two attached hydrogens (primary N) is 1. The van der Waals surface area contributed by atoms with E-state index in [1.54, 1.807) is 11.5 Å². The van der Waals surface area contributed by atoms with E-state index >= 15 is 0 Å². The zero-order chi connectivity index (χ0) is 10.4. The molecule has 1 rings (SSSR count). The molecule has 0 atom stereocenters. The first-order valence-corrected chi connectivity index (χ1v) is 5.19. The maximum Gasteiger partial charge on any atom is 0.271 e. The molecule has 0 aromatic carbocycles. The predicted molar refractivity (Wildman–Crippen MR) is 64.7 cm³/mol. The van der Waals surface area contributed by atoms with Crippen molar-refractivity contribution in [3.63, 3.8) is 0 Å². The van der Waals surface area contributed by atoms with Gasteiger partial charge in [-0.2, -0.15) is 0 Å². The summed E-state index contributed by atoms with van der Waals surface area (Å²) in [6.45, 7) is 4.53. The van der Waals surface area contributed by atoms with Crippen molar-refractivity contribution in [1.82, 2.24) is 10.3 Å². The van der Waals surface area contributed by atoms with Crippen molar-refractivity contribution >= 4 is 29.7 Å². The van der Waals surface area contributed by atoms with Crippen molar-refractivity contribution in [2.75, 3.05) is 13.1 Å². The van der Waals surface area contributed by atoms with Crippen molar-refractivity contribution < 1.29 is 4.79 Å². The molecule has 3 N–H and O–H groups in total. The summed E-state index contributed by atoms with van der Waals surface area (Å²) in [5, 5.41) is 5.30. The van der Waals surface area contributed by atoms with Crippen LogP contribution in [0.2, 0.25) is 0 Å².